The minimum atomic E-state index is -0.309. The third kappa shape index (κ3) is 4.65. The fraction of sp³-hybridized carbons (Fsp3) is 0.462. The lowest BCUT2D eigenvalue weighted by Crippen LogP contribution is -2.41. The number of benzene rings is 1. The maximum absolute atomic E-state index is 11.9. The number of carbonyl (C=O) groups is 1. The van der Waals surface area contributed by atoms with Gasteiger partial charge in [0.2, 0.25) is 5.91 Å². The number of hydrogen-bond acceptors (Lipinski definition) is 2. The quantitative estimate of drug-likeness (QED) is 0.766. The summed E-state index contributed by atoms with van der Waals surface area (Å²) < 4.78 is 1.07. The molecule has 1 aromatic rings. The van der Waals surface area contributed by atoms with E-state index in [2.05, 4.69) is 33.2 Å². The minimum absolute atomic E-state index is 0.0148. The molecule has 1 amide bonds. The van der Waals surface area contributed by atoms with Crippen LogP contribution in [0.25, 0.3) is 0 Å². The van der Waals surface area contributed by atoms with Gasteiger partial charge in [-0.1, -0.05) is 18.5 Å². The third-order valence-electron chi connectivity index (χ3n) is 2.70. The number of amides is 1. The summed E-state index contributed by atoms with van der Waals surface area (Å²) in [6, 6.07) is 5.58. The zero-order valence-electron chi connectivity index (χ0n) is 10.8. The number of nitrogens with one attached hydrogen (secondary N) is 2. The highest BCUT2D eigenvalue weighted by atomic mass is 127. The van der Waals surface area contributed by atoms with E-state index in [4.69, 9.17) is 11.6 Å². The van der Waals surface area contributed by atoms with E-state index >= 15 is 0 Å². The molecule has 100 valence electrons. The molecular weight excluding hydrogens is 363 g/mol. The molecule has 0 aliphatic carbocycles. The largest absolute Gasteiger partial charge is 0.373 e. The van der Waals surface area contributed by atoms with E-state index < -0.39 is 0 Å². The normalized spacial score (nSPS) is 13.8. The molecule has 1 rings (SSSR count). The van der Waals surface area contributed by atoms with Gasteiger partial charge in [-0.05, 0) is 61.1 Å². The van der Waals surface area contributed by atoms with Crippen molar-refractivity contribution in [3.05, 3.63) is 26.8 Å². The third-order valence-corrected chi connectivity index (χ3v) is 3.68. The molecule has 3 nitrogen and oxygen atoms in total. The fourth-order valence-corrected chi connectivity index (χ4v) is 2.29. The van der Waals surface area contributed by atoms with Crippen LogP contribution >= 0.6 is 34.2 Å². The van der Waals surface area contributed by atoms with Crippen molar-refractivity contribution in [2.24, 2.45) is 0 Å². The summed E-state index contributed by atoms with van der Waals surface area (Å²) in [6.45, 7) is 5.85. The van der Waals surface area contributed by atoms with E-state index in [9.17, 15) is 4.79 Å². The molecule has 2 unspecified atom stereocenters. The summed E-state index contributed by atoms with van der Waals surface area (Å²) in [7, 11) is 0. The molecule has 0 radical (unpaired) electrons. The van der Waals surface area contributed by atoms with E-state index in [1.807, 2.05) is 39.0 Å². The van der Waals surface area contributed by atoms with Crippen LogP contribution < -0.4 is 10.6 Å². The first kappa shape index (κ1) is 15.6. The van der Waals surface area contributed by atoms with Crippen LogP contribution in [0.4, 0.5) is 5.69 Å². The molecule has 0 fully saturated rings. The molecule has 0 bridgehead atoms. The van der Waals surface area contributed by atoms with Crippen LogP contribution in [-0.2, 0) is 4.79 Å². The zero-order valence-corrected chi connectivity index (χ0v) is 13.7. The second kappa shape index (κ2) is 7.19. The van der Waals surface area contributed by atoms with Crippen LogP contribution in [0, 0.1) is 3.57 Å². The average molecular weight is 381 g/mol. The van der Waals surface area contributed by atoms with E-state index in [-0.39, 0.29) is 18.0 Å². The SMILES string of the molecule is CCC(C)NC(=O)C(C)Nc1ccc(I)cc1Cl. The minimum Gasteiger partial charge on any atom is -0.373 e. The molecule has 2 N–H and O–H groups in total. The van der Waals surface area contributed by atoms with Gasteiger partial charge in [0.05, 0.1) is 10.7 Å². The molecule has 0 heterocycles. The molecule has 0 spiro atoms. The Labute approximate surface area is 127 Å². The first-order valence-corrected chi connectivity index (χ1v) is 7.41. The maximum Gasteiger partial charge on any atom is 0.242 e. The van der Waals surface area contributed by atoms with Crippen LogP contribution in [0.5, 0.6) is 0 Å². The lowest BCUT2D eigenvalue weighted by atomic mass is 10.2. The van der Waals surface area contributed by atoms with Crippen LogP contribution in [-0.4, -0.2) is 18.0 Å². The first-order valence-electron chi connectivity index (χ1n) is 5.96. The first-order chi connectivity index (χ1) is 8.43. The summed E-state index contributed by atoms with van der Waals surface area (Å²) >= 11 is 8.31. The van der Waals surface area contributed by atoms with Crippen molar-refractivity contribution >= 4 is 45.8 Å². The predicted molar refractivity (Wildman–Crippen MR) is 85.1 cm³/mol. The summed E-state index contributed by atoms with van der Waals surface area (Å²) in [6.07, 6.45) is 0.919. The van der Waals surface area contributed by atoms with Gasteiger partial charge in [-0.3, -0.25) is 4.79 Å². The summed E-state index contributed by atoms with van der Waals surface area (Å²) in [4.78, 5) is 11.9. The van der Waals surface area contributed by atoms with Gasteiger partial charge in [-0.2, -0.15) is 0 Å². The van der Waals surface area contributed by atoms with Crippen molar-refractivity contribution in [2.45, 2.75) is 39.3 Å². The van der Waals surface area contributed by atoms with Crippen LogP contribution in [0.1, 0.15) is 27.2 Å². The number of carbonyl (C=O) groups excluding carboxylic acids is 1. The molecule has 2 atom stereocenters. The molecular formula is C13H18ClIN2O. The van der Waals surface area contributed by atoms with E-state index in [1.54, 1.807) is 0 Å². The van der Waals surface area contributed by atoms with E-state index in [1.165, 1.54) is 0 Å². The van der Waals surface area contributed by atoms with Crippen molar-refractivity contribution < 1.29 is 4.79 Å². The predicted octanol–water partition coefficient (Wildman–Crippen LogP) is 3.66. The average Bonchev–Trinajstić information content (AvgIpc) is 2.32. The second-order valence-corrected chi connectivity index (χ2v) is 5.96. The van der Waals surface area contributed by atoms with Gasteiger partial charge >= 0.3 is 0 Å². The molecule has 5 heteroatoms. The fourth-order valence-electron chi connectivity index (χ4n) is 1.38. The number of halogens is 2. The molecule has 0 aliphatic heterocycles. The van der Waals surface area contributed by atoms with Crippen molar-refractivity contribution in [3.8, 4) is 0 Å². The van der Waals surface area contributed by atoms with Crippen LogP contribution in [0.2, 0.25) is 5.02 Å². The Kier molecular flexibility index (Phi) is 6.21. The van der Waals surface area contributed by atoms with E-state index in [0.717, 1.165) is 15.7 Å². The van der Waals surface area contributed by atoms with E-state index in [0.29, 0.717) is 5.02 Å². The lowest BCUT2D eigenvalue weighted by molar-refractivity contribution is -0.122. The van der Waals surface area contributed by atoms with Crippen molar-refractivity contribution in [3.63, 3.8) is 0 Å². The topological polar surface area (TPSA) is 41.1 Å². The molecule has 1 aromatic carbocycles. The second-order valence-electron chi connectivity index (χ2n) is 4.31. The smallest absolute Gasteiger partial charge is 0.242 e. The van der Waals surface area contributed by atoms with Crippen molar-refractivity contribution in [1.82, 2.24) is 5.32 Å². The highest BCUT2D eigenvalue weighted by Crippen LogP contribution is 2.24. The molecule has 0 saturated heterocycles. The van der Waals surface area contributed by atoms with Gasteiger partial charge in [0.1, 0.15) is 6.04 Å². The van der Waals surface area contributed by atoms with Gasteiger partial charge in [0.25, 0.3) is 0 Å². The molecule has 18 heavy (non-hydrogen) atoms. The number of rotatable bonds is 5. The standard InChI is InChI=1S/C13H18ClIN2O/c1-4-8(2)16-13(18)9(3)17-12-6-5-10(15)7-11(12)14/h5-9,17H,4H2,1-3H3,(H,16,18). The van der Waals surface area contributed by atoms with Gasteiger partial charge in [-0.15, -0.1) is 0 Å². The van der Waals surface area contributed by atoms with Gasteiger partial charge in [0.15, 0.2) is 0 Å². The van der Waals surface area contributed by atoms with Crippen LogP contribution in [0.15, 0.2) is 18.2 Å². The van der Waals surface area contributed by atoms with Gasteiger partial charge < -0.3 is 10.6 Å². The van der Waals surface area contributed by atoms with Crippen LogP contribution in [0.3, 0.4) is 0 Å². The zero-order chi connectivity index (χ0) is 13.7. The number of anilines is 1. The Balaban J connectivity index is 2.63. The molecule has 0 aromatic heterocycles. The Morgan fingerprint density at radius 3 is 2.67 bits per heavy atom. The van der Waals surface area contributed by atoms with Crippen molar-refractivity contribution in [2.75, 3.05) is 5.32 Å². The maximum atomic E-state index is 11.9. The Hall–Kier alpha value is -0.490. The molecule has 0 aliphatic rings. The highest BCUT2D eigenvalue weighted by molar-refractivity contribution is 14.1. The summed E-state index contributed by atoms with van der Waals surface area (Å²) in [5.41, 5.74) is 0.781. The van der Waals surface area contributed by atoms with Crippen molar-refractivity contribution in [1.29, 1.82) is 0 Å². The summed E-state index contributed by atoms with van der Waals surface area (Å²) in [5, 5.41) is 6.68. The molecule has 0 saturated carbocycles. The van der Waals surface area contributed by atoms with Gasteiger partial charge in [-0.25, -0.2) is 0 Å². The Morgan fingerprint density at radius 1 is 1.44 bits per heavy atom. The Morgan fingerprint density at radius 2 is 2.11 bits per heavy atom. The monoisotopic (exact) mass is 380 g/mol. The Bertz CT molecular complexity index is 425. The summed E-state index contributed by atoms with van der Waals surface area (Å²) in [5.74, 6) is -0.0148. The highest BCUT2D eigenvalue weighted by Gasteiger charge is 2.15. The lowest BCUT2D eigenvalue weighted by Gasteiger charge is -2.19. The number of hydrogen-bond donors (Lipinski definition) is 2. The van der Waals surface area contributed by atoms with Gasteiger partial charge in [0, 0.05) is 9.61 Å².